The second kappa shape index (κ2) is 6.81. The Morgan fingerprint density at radius 1 is 1.11 bits per heavy atom. The van der Waals surface area contributed by atoms with Gasteiger partial charge in [-0.3, -0.25) is 4.79 Å². The van der Waals surface area contributed by atoms with Gasteiger partial charge < -0.3 is 5.32 Å². The minimum absolute atomic E-state index is 0.0848. The van der Waals surface area contributed by atoms with Crippen LogP contribution in [0.5, 0.6) is 0 Å². The summed E-state index contributed by atoms with van der Waals surface area (Å²) in [6, 6.07) is 17.1. The number of nitrogens with one attached hydrogen (secondary N) is 1. The molecule has 96 valence electrons. The van der Waals surface area contributed by atoms with E-state index in [4.69, 9.17) is 0 Å². The molecule has 0 bridgehead atoms. The van der Waals surface area contributed by atoms with E-state index in [1.807, 2.05) is 60.7 Å². The Morgan fingerprint density at radius 3 is 2.53 bits per heavy atom. The largest absolute Gasteiger partial charge is 0.322 e. The van der Waals surface area contributed by atoms with E-state index in [-0.39, 0.29) is 5.91 Å². The molecule has 0 atom stereocenters. The van der Waals surface area contributed by atoms with Crippen molar-refractivity contribution in [2.24, 2.45) is 0 Å². The summed E-state index contributed by atoms with van der Waals surface area (Å²) in [5.41, 5.74) is 1.49. The average molecular weight is 269 g/mol. The number of carbonyl (C=O) groups excluding carboxylic acids is 1. The molecule has 0 saturated carbocycles. The molecule has 0 aliphatic rings. The number of amides is 1. The van der Waals surface area contributed by atoms with Crippen LogP contribution in [0, 0.1) is 0 Å². The lowest BCUT2D eigenvalue weighted by Gasteiger charge is -2.09. The summed E-state index contributed by atoms with van der Waals surface area (Å²) < 4.78 is 0. The van der Waals surface area contributed by atoms with Crippen molar-refractivity contribution in [1.29, 1.82) is 0 Å². The van der Waals surface area contributed by atoms with Gasteiger partial charge in [-0.1, -0.05) is 36.4 Å². The highest BCUT2D eigenvalue weighted by Gasteiger charge is 2.10. The molecule has 0 unspecified atom stereocenters. The van der Waals surface area contributed by atoms with Crippen molar-refractivity contribution in [2.75, 3.05) is 11.1 Å². The Labute approximate surface area is 117 Å². The Hall–Kier alpha value is -2.00. The first-order valence-electron chi connectivity index (χ1n) is 6.00. The van der Waals surface area contributed by atoms with Crippen molar-refractivity contribution < 1.29 is 4.79 Å². The molecule has 0 radical (unpaired) electrons. The third kappa shape index (κ3) is 3.73. The molecule has 0 saturated heterocycles. The smallest absolute Gasteiger partial charge is 0.256 e. The van der Waals surface area contributed by atoms with E-state index in [1.54, 1.807) is 11.8 Å². The predicted molar refractivity (Wildman–Crippen MR) is 81.8 cm³/mol. The molecule has 0 aromatic heterocycles. The molecule has 1 amide bonds. The molecule has 2 aromatic rings. The fraction of sp³-hybridized carbons (Fsp3) is 0.0625. The van der Waals surface area contributed by atoms with Gasteiger partial charge in [0.05, 0.1) is 5.56 Å². The molecule has 2 rings (SSSR count). The van der Waals surface area contributed by atoms with Crippen LogP contribution in [-0.2, 0) is 0 Å². The molecule has 1 N–H and O–H groups in total. The highest BCUT2D eigenvalue weighted by atomic mass is 32.2. The van der Waals surface area contributed by atoms with Crippen molar-refractivity contribution in [1.82, 2.24) is 0 Å². The maximum absolute atomic E-state index is 12.2. The highest BCUT2D eigenvalue weighted by Crippen LogP contribution is 2.23. The predicted octanol–water partition coefficient (Wildman–Crippen LogP) is 4.22. The summed E-state index contributed by atoms with van der Waals surface area (Å²) in [6.45, 7) is 3.70. The fourth-order valence-corrected chi connectivity index (χ4v) is 2.44. The van der Waals surface area contributed by atoms with Gasteiger partial charge >= 0.3 is 0 Å². The number of anilines is 1. The van der Waals surface area contributed by atoms with Crippen molar-refractivity contribution in [3.63, 3.8) is 0 Å². The number of carbonyl (C=O) groups is 1. The first-order chi connectivity index (χ1) is 9.31. The van der Waals surface area contributed by atoms with Gasteiger partial charge in [0.2, 0.25) is 0 Å². The number of hydrogen-bond donors (Lipinski definition) is 1. The topological polar surface area (TPSA) is 29.1 Å². The van der Waals surface area contributed by atoms with Crippen LogP contribution in [0.3, 0.4) is 0 Å². The molecular formula is C16H15NOS. The third-order valence-corrected chi connectivity index (χ3v) is 3.59. The van der Waals surface area contributed by atoms with E-state index >= 15 is 0 Å². The van der Waals surface area contributed by atoms with Crippen LogP contribution < -0.4 is 5.32 Å². The summed E-state index contributed by atoms with van der Waals surface area (Å²) in [6.07, 6.45) is 1.83. The zero-order valence-electron chi connectivity index (χ0n) is 10.5. The van der Waals surface area contributed by atoms with Crippen LogP contribution in [0.1, 0.15) is 10.4 Å². The van der Waals surface area contributed by atoms with Crippen LogP contribution >= 0.6 is 11.8 Å². The van der Waals surface area contributed by atoms with Gasteiger partial charge in [0.25, 0.3) is 5.91 Å². The number of hydrogen-bond acceptors (Lipinski definition) is 2. The monoisotopic (exact) mass is 269 g/mol. The van der Waals surface area contributed by atoms with Gasteiger partial charge in [-0.05, 0) is 24.3 Å². The zero-order chi connectivity index (χ0) is 13.5. The normalized spacial score (nSPS) is 9.89. The summed E-state index contributed by atoms with van der Waals surface area (Å²) in [7, 11) is 0. The molecule has 3 heteroatoms. The first-order valence-corrected chi connectivity index (χ1v) is 6.99. The maximum atomic E-state index is 12.2. The van der Waals surface area contributed by atoms with Crippen LogP contribution in [0.15, 0.2) is 72.1 Å². The molecule has 0 aliphatic carbocycles. The van der Waals surface area contributed by atoms with E-state index in [1.165, 1.54) is 0 Å². The summed E-state index contributed by atoms with van der Waals surface area (Å²) >= 11 is 1.61. The SMILES string of the molecule is C=CCSc1ccccc1C(=O)Nc1ccccc1. The van der Waals surface area contributed by atoms with E-state index < -0.39 is 0 Å². The van der Waals surface area contributed by atoms with Crippen molar-refractivity contribution in [3.05, 3.63) is 72.8 Å². The van der Waals surface area contributed by atoms with E-state index in [0.29, 0.717) is 5.56 Å². The molecule has 0 spiro atoms. The van der Waals surface area contributed by atoms with Crippen LogP contribution in [-0.4, -0.2) is 11.7 Å². The minimum atomic E-state index is -0.0848. The second-order valence-corrected chi connectivity index (χ2v) is 4.98. The number of benzene rings is 2. The minimum Gasteiger partial charge on any atom is -0.322 e. The Balaban J connectivity index is 2.16. The Morgan fingerprint density at radius 2 is 1.79 bits per heavy atom. The highest BCUT2D eigenvalue weighted by molar-refractivity contribution is 7.99. The lowest BCUT2D eigenvalue weighted by molar-refractivity contribution is 0.102. The van der Waals surface area contributed by atoms with Crippen LogP contribution in [0.25, 0.3) is 0 Å². The quantitative estimate of drug-likeness (QED) is 0.650. The van der Waals surface area contributed by atoms with Gasteiger partial charge in [0.1, 0.15) is 0 Å². The van der Waals surface area contributed by atoms with Crippen LogP contribution in [0.4, 0.5) is 5.69 Å². The number of thioether (sulfide) groups is 1. The summed E-state index contributed by atoms with van der Waals surface area (Å²) in [4.78, 5) is 13.2. The molecule has 0 fully saturated rings. The van der Waals surface area contributed by atoms with Crippen LogP contribution in [0.2, 0.25) is 0 Å². The summed E-state index contributed by atoms with van der Waals surface area (Å²) in [5.74, 6) is 0.702. The van der Waals surface area contributed by atoms with Gasteiger partial charge in [-0.15, -0.1) is 18.3 Å². The van der Waals surface area contributed by atoms with Crippen molar-refractivity contribution in [3.8, 4) is 0 Å². The molecule has 2 aromatic carbocycles. The van der Waals surface area contributed by atoms with E-state index in [2.05, 4.69) is 11.9 Å². The first kappa shape index (κ1) is 13.4. The lowest BCUT2D eigenvalue weighted by atomic mass is 10.2. The van der Waals surface area contributed by atoms with E-state index in [9.17, 15) is 4.79 Å². The third-order valence-electron chi connectivity index (χ3n) is 2.52. The number of rotatable bonds is 5. The standard InChI is InChI=1S/C16H15NOS/c1-2-12-19-15-11-7-6-10-14(15)16(18)17-13-8-4-3-5-9-13/h2-11H,1,12H2,(H,17,18). The van der Waals surface area contributed by atoms with Gasteiger partial charge in [0, 0.05) is 16.3 Å². The average Bonchev–Trinajstić information content (AvgIpc) is 2.46. The maximum Gasteiger partial charge on any atom is 0.256 e. The molecule has 2 nitrogen and oxygen atoms in total. The van der Waals surface area contributed by atoms with E-state index in [0.717, 1.165) is 16.3 Å². The lowest BCUT2D eigenvalue weighted by Crippen LogP contribution is -2.12. The zero-order valence-corrected chi connectivity index (χ0v) is 11.3. The molecule has 19 heavy (non-hydrogen) atoms. The Bertz CT molecular complexity index is 566. The van der Waals surface area contributed by atoms with Crippen molar-refractivity contribution in [2.45, 2.75) is 4.90 Å². The molecule has 0 aliphatic heterocycles. The molecular weight excluding hydrogens is 254 g/mol. The second-order valence-electron chi connectivity index (χ2n) is 3.92. The number of para-hydroxylation sites is 1. The van der Waals surface area contributed by atoms with Gasteiger partial charge in [0.15, 0.2) is 0 Å². The van der Waals surface area contributed by atoms with Crippen molar-refractivity contribution >= 4 is 23.4 Å². The van der Waals surface area contributed by atoms with Gasteiger partial charge in [-0.25, -0.2) is 0 Å². The molecule has 0 heterocycles. The van der Waals surface area contributed by atoms with Gasteiger partial charge in [-0.2, -0.15) is 0 Å². The fourth-order valence-electron chi connectivity index (χ4n) is 1.65. The summed E-state index contributed by atoms with van der Waals surface area (Å²) in [5, 5.41) is 2.90. The Kier molecular flexibility index (Phi) is 4.81.